The molecule has 0 aliphatic carbocycles. The van der Waals surface area contributed by atoms with Gasteiger partial charge < -0.3 is 14.6 Å². The molecule has 0 amide bonds. The molecule has 0 unspecified atom stereocenters. The molecule has 4 heteroatoms. The molecule has 0 aliphatic heterocycles. The molecule has 3 aromatic rings. The van der Waals surface area contributed by atoms with Gasteiger partial charge in [0.1, 0.15) is 12.4 Å². The lowest BCUT2D eigenvalue weighted by atomic mass is 10.1. The Kier molecular flexibility index (Phi) is 3.62. The topological polar surface area (TPSA) is 43.3 Å². The van der Waals surface area contributed by atoms with E-state index < -0.39 is 0 Å². The van der Waals surface area contributed by atoms with E-state index in [0.29, 0.717) is 6.61 Å². The van der Waals surface area contributed by atoms with E-state index in [1.165, 1.54) is 0 Å². The highest BCUT2D eigenvalue weighted by molar-refractivity contribution is 6.08. The Balaban J connectivity index is 2.33. The smallest absolute Gasteiger partial charge is 0.258 e. The maximum atomic E-state index is 12.4. The Hall–Kier alpha value is -2.33. The van der Waals surface area contributed by atoms with Gasteiger partial charge >= 0.3 is 0 Å². The van der Waals surface area contributed by atoms with Gasteiger partial charge in [0.2, 0.25) is 0 Å². The third-order valence-electron chi connectivity index (χ3n) is 3.71. The van der Waals surface area contributed by atoms with Crippen molar-refractivity contribution in [2.75, 3.05) is 20.2 Å². The van der Waals surface area contributed by atoms with E-state index >= 15 is 0 Å². The molecular formula is C17H18N2O2. The molecule has 0 atom stereocenters. The van der Waals surface area contributed by atoms with Crippen LogP contribution in [0.15, 0.2) is 47.3 Å². The molecule has 108 valence electrons. The van der Waals surface area contributed by atoms with Crippen molar-refractivity contribution in [3.05, 3.63) is 52.8 Å². The van der Waals surface area contributed by atoms with Gasteiger partial charge in [-0.25, -0.2) is 0 Å². The van der Waals surface area contributed by atoms with Gasteiger partial charge in [-0.1, -0.05) is 24.3 Å². The van der Waals surface area contributed by atoms with E-state index in [4.69, 9.17) is 4.74 Å². The standard InChI is InChI=1S/C17H18N2O2/c1-18-10-11-21-15-9-5-8-14-16(15)12-6-3-4-7-13(12)17(20)19(14)2/h3-9,18H,10-11H2,1-2H3. The van der Waals surface area contributed by atoms with Gasteiger partial charge in [-0.3, -0.25) is 4.79 Å². The first-order valence-electron chi connectivity index (χ1n) is 7.02. The third-order valence-corrected chi connectivity index (χ3v) is 3.71. The van der Waals surface area contributed by atoms with Crippen molar-refractivity contribution >= 4 is 21.7 Å². The third kappa shape index (κ3) is 2.28. The molecule has 3 rings (SSSR count). The minimum Gasteiger partial charge on any atom is -0.492 e. The molecule has 0 bridgehead atoms. The van der Waals surface area contributed by atoms with E-state index in [0.717, 1.165) is 34.0 Å². The van der Waals surface area contributed by atoms with Gasteiger partial charge in [0, 0.05) is 29.8 Å². The Bertz CT molecular complexity index is 852. The molecule has 0 saturated carbocycles. The Morgan fingerprint density at radius 1 is 1.10 bits per heavy atom. The van der Waals surface area contributed by atoms with Gasteiger partial charge in [-0.2, -0.15) is 0 Å². The summed E-state index contributed by atoms with van der Waals surface area (Å²) in [7, 11) is 3.69. The monoisotopic (exact) mass is 282 g/mol. The first-order chi connectivity index (χ1) is 10.2. The lowest BCUT2D eigenvalue weighted by Gasteiger charge is -2.13. The number of benzene rings is 2. The van der Waals surface area contributed by atoms with Crippen molar-refractivity contribution in [2.45, 2.75) is 0 Å². The molecular weight excluding hydrogens is 264 g/mol. The molecule has 21 heavy (non-hydrogen) atoms. The largest absolute Gasteiger partial charge is 0.492 e. The molecule has 0 spiro atoms. The average molecular weight is 282 g/mol. The predicted molar refractivity (Wildman–Crippen MR) is 86.1 cm³/mol. The fraction of sp³-hybridized carbons (Fsp3) is 0.235. The number of likely N-dealkylation sites (N-methyl/N-ethyl adjacent to an activating group) is 1. The summed E-state index contributed by atoms with van der Waals surface area (Å²) in [4.78, 5) is 12.4. The molecule has 2 aromatic carbocycles. The normalized spacial score (nSPS) is 11.1. The summed E-state index contributed by atoms with van der Waals surface area (Å²) in [6.45, 7) is 1.37. The second-order valence-electron chi connectivity index (χ2n) is 5.01. The van der Waals surface area contributed by atoms with Crippen molar-refractivity contribution in [3.63, 3.8) is 0 Å². The van der Waals surface area contributed by atoms with Crippen molar-refractivity contribution in [1.29, 1.82) is 0 Å². The SMILES string of the molecule is CNCCOc1cccc2c1c1ccccc1c(=O)n2C. The lowest BCUT2D eigenvalue weighted by molar-refractivity contribution is 0.322. The zero-order valence-electron chi connectivity index (χ0n) is 12.2. The Labute approximate surface area is 123 Å². The van der Waals surface area contributed by atoms with Crippen molar-refractivity contribution in [3.8, 4) is 5.75 Å². The van der Waals surface area contributed by atoms with Gasteiger partial charge in [0.15, 0.2) is 0 Å². The van der Waals surface area contributed by atoms with Gasteiger partial charge in [-0.15, -0.1) is 0 Å². The molecule has 0 radical (unpaired) electrons. The van der Waals surface area contributed by atoms with Gasteiger partial charge in [-0.05, 0) is 25.2 Å². The van der Waals surface area contributed by atoms with Crippen LogP contribution in [-0.4, -0.2) is 24.8 Å². The molecule has 1 N–H and O–H groups in total. The zero-order chi connectivity index (χ0) is 14.8. The van der Waals surface area contributed by atoms with Crippen molar-refractivity contribution < 1.29 is 4.74 Å². The Morgan fingerprint density at radius 3 is 2.62 bits per heavy atom. The second kappa shape index (κ2) is 5.58. The first-order valence-corrected chi connectivity index (χ1v) is 7.02. The maximum Gasteiger partial charge on any atom is 0.258 e. The fourth-order valence-electron chi connectivity index (χ4n) is 2.63. The first kappa shape index (κ1) is 13.6. The quantitative estimate of drug-likeness (QED) is 0.590. The van der Waals surface area contributed by atoms with Crippen molar-refractivity contribution in [1.82, 2.24) is 9.88 Å². The lowest BCUT2D eigenvalue weighted by Crippen LogP contribution is -2.18. The molecule has 1 aromatic heterocycles. The van der Waals surface area contributed by atoms with E-state index in [1.807, 2.05) is 49.5 Å². The summed E-state index contributed by atoms with van der Waals surface area (Å²) in [6.07, 6.45) is 0. The molecule has 1 heterocycles. The van der Waals surface area contributed by atoms with E-state index in [9.17, 15) is 4.79 Å². The predicted octanol–water partition coefficient (Wildman–Crippen LogP) is 2.29. The van der Waals surface area contributed by atoms with Crippen LogP contribution in [0.3, 0.4) is 0 Å². The van der Waals surface area contributed by atoms with Crippen LogP contribution in [-0.2, 0) is 7.05 Å². The maximum absolute atomic E-state index is 12.4. The number of hydrogen-bond acceptors (Lipinski definition) is 3. The van der Waals surface area contributed by atoms with Crippen LogP contribution in [0.5, 0.6) is 5.75 Å². The summed E-state index contributed by atoms with van der Waals surface area (Å²) in [5.74, 6) is 0.814. The highest BCUT2D eigenvalue weighted by Crippen LogP contribution is 2.30. The number of nitrogens with zero attached hydrogens (tertiary/aromatic N) is 1. The van der Waals surface area contributed by atoms with Crippen molar-refractivity contribution in [2.24, 2.45) is 7.05 Å². The number of aromatic nitrogens is 1. The molecule has 0 saturated heterocycles. The van der Waals surface area contributed by atoms with Crippen LogP contribution in [0.4, 0.5) is 0 Å². The fourth-order valence-corrected chi connectivity index (χ4v) is 2.63. The zero-order valence-corrected chi connectivity index (χ0v) is 12.2. The molecule has 0 aliphatic rings. The second-order valence-corrected chi connectivity index (χ2v) is 5.01. The number of hydrogen-bond donors (Lipinski definition) is 1. The number of rotatable bonds is 4. The number of ether oxygens (including phenoxy) is 1. The number of aryl methyl sites for hydroxylation is 1. The van der Waals surface area contributed by atoms with Crippen LogP contribution < -0.4 is 15.6 Å². The number of fused-ring (bicyclic) bond motifs is 3. The van der Waals surface area contributed by atoms with E-state index in [-0.39, 0.29) is 5.56 Å². The molecule has 4 nitrogen and oxygen atoms in total. The number of nitrogens with one attached hydrogen (secondary N) is 1. The molecule has 0 fully saturated rings. The van der Waals surface area contributed by atoms with E-state index in [1.54, 1.807) is 11.6 Å². The minimum atomic E-state index is 0.0190. The summed E-state index contributed by atoms with van der Waals surface area (Å²) in [5, 5.41) is 5.72. The van der Waals surface area contributed by atoms with Crippen LogP contribution in [0.1, 0.15) is 0 Å². The van der Waals surface area contributed by atoms with Gasteiger partial charge in [0.05, 0.1) is 5.52 Å². The van der Waals surface area contributed by atoms with Crippen LogP contribution in [0.25, 0.3) is 21.7 Å². The van der Waals surface area contributed by atoms with Gasteiger partial charge in [0.25, 0.3) is 5.56 Å². The van der Waals surface area contributed by atoms with Crippen LogP contribution in [0, 0.1) is 0 Å². The summed E-state index contributed by atoms with van der Waals surface area (Å²) in [5.41, 5.74) is 0.908. The highest BCUT2D eigenvalue weighted by atomic mass is 16.5. The number of pyridine rings is 1. The summed E-state index contributed by atoms with van der Waals surface area (Å²) >= 11 is 0. The average Bonchev–Trinajstić information content (AvgIpc) is 2.53. The minimum absolute atomic E-state index is 0.0190. The Morgan fingerprint density at radius 2 is 1.86 bits per heavy atom. The van der Waals surface area contributed by atoms with E-state index in [2.05, 4.69) is 5.32 Å². The highest BCUT2D eigenvalue weighted by Gasteiger charge is 2.11. The van der Waals surface area contributed by atoms with Crippen LogP contribution in [0.2, 0.25) is 0 Å². The van der Waals surface area contributed by atoms with Crippen LogP contribution >= 0.6 is 0 Å². The summed E-state index contributed by atoms with van der Waals surface area (Å²) in [6, 6.07) is 13.5. The summed E-state index contributed by atoms with van der Waals surface area (Å²) < 4.78 is 7.57.